The first-order valence-corrected chi connectivity index (χ1v) is 8.84. The molecule has 156 valence electrons. The van der Waals surface area contributed by atoms with E-state index in [-0.39, 0.29) is 18.2 Å². The molecule has 3 saturated heterocycles. The van der Waals surface area contributed by atoms with E-state index in [0.717, 1.165) is 45.6 Å². The first-order valence-electron chi connectivity index (χ1n) is 8.84. The third kappa shape index (κ3) is 5.69. The number of carbonyl (C=O) groups excluding carboxylic acids is 1. The second kappa shape index (κ2) is 9.07. The molecule has 1 unspecified atom stereocenters. The van der Waals surface area contributed by atoms with Crippen molar-refractivity contribution in [3.8, 4) is 0 Å². The summed E-state index contributed by atoms with van der Waals surface area (Å²) in [6, 6.07) is 0.983. The number of halogens is 3. The Morgan fingerprint density at radius 3 is 2.41 bits per heavy atom. The molecular formula is C16H26F3N3O5. The average Bonchev–Trinajstić information content (AvgIpc) is 3.22. The first-order chi connectivity index (χ1) is 12.6. The minimum absolute atomic E-state index is 0.0348. The largest absolute Gasteiger partial charge is 0.490 e. The molecule has 0 bridgehead atoms. The van der Waals surface area contributed by atoms with E-state index in [2.05, 4.69) is 10.2 Å². The summed E-state index contributed by atoms with van der Waals surface area (Å²) in [6.45, 7) is 3.36. The number of nitrogens with zero attached hydrogens (tertiary/aromatic N) is 2. The molecule has 11 heteroatoms. The Balaban J connectivity index is 0.000000321. The summed E-state index contributed by atoms with van der Waals surface area (Å²) in [6.07, 6.45) is -1.58. The molecule has 8 nitrogen and oxygen atoms in total. The number of carboxylic acid groups (broad SMARTS) is 1. The van der Waals surface area contributed by atoms with Crippen molar-refractivity contribution >= 4 is 12.0 Å². The fraction of sp³-hybridized carbons (Fsp3) is 0.875. The van der Waals surface area contributed by atoms with Crippen LogP contribution in [0.2, 0.25) is 0 Å². The van der Waals surface area contributed by atoms with Gasteiger partial charge in [0, 0.05) is 45.9 Å². The number of likely N-dealkylation sites (tertiary alicyclic amines) is 1. The first kappa shape index (κ1) is 21.7. The zero-order valence-electron chi connectivity index (χ0n) is 15.4. The average molecular weight is 397 g/mol. The van der Waals surface area contributed by atoms with E-state index in [4.69, 9.17) is 19.4 Å². The highest BCUT2D eigenvalue weighted by atomic mass is 19.4. The number of rotatable bonds is 2. The van der Waals surface area contributed by atoms with Crippen LogP contribution in [0.25, 0.3) is 0 Å². The highest BCUT2D eigenvalue weighted by molar-refractivity contribution is 5.74. The minimum Gasteiger partial charge on any atom is -0.475 e. The van der Waals surface area contributed by atoms with Crippen LogP contribution in [0.4, 0.5) is 18.0 Å². The molecule has 0 radical (unpaired) electrons. The summed E-state index contributed by atoms with van der Waals surface area (Å²) in [5, 5.41) is 10.2. The Hall–Kier alpha value is -1.59. The summed E-state index contributed by atoms with van der Waals surface area (Å²) >= 11 is 0. The number of nitrogens with one attached hydrogen (secondary N) is 1. The van der Waals surface area contributed by atoms with Crippen molar-refractivity contribution in [1.82, 2.24) is 15.1 Å². The van der Waals surface area contributed by atoms with Gasteiger partial charge in [0.2, 0.25) is 0 Å². The second-order valence-corrected chi connectivity index (χ2v) is 7.01. The number of hydrogen-bond donors (Lipinski definition) is 2. The van der Waals surface area contributed by atoms with Crippen LogP contribution in [-0.4, -0.2) is 97.8 Å². The van der Waals surface area contributed by atoms with E-state index in [1.807, 2.05) is 0 Å². The summed E-state index contributed by atoms with van der Waals surface area (Å²) in [7, 11) is 3.54. The van der Waals surface area contributed by atoms with Crippen LogP contribution in [0.15, 0.2) is 0 Å². The van der Waals surface area contributed by atoms with Crippen molar-refractivity contribution in [3.63, 3.8) is 0 Å². The molecule has 0 aromatic rings. The SMILES string of the molecule is CN(C)C(=O)N[C@@H]1CN(C2CCOC2)[C@@H]2CCCO[C@@H]21.O=C(O)C(F)(F)F. The van der Waals surface area contributed by atoms with Crippen molar-refractivity contribution in [3.05, 3.63) is 0 Å². The number of aliphatic carboxylic acids is 1. The number of carbonyl (C=O) groups is 2. The number of amides is 2. The van der Waals surface area contributed by atoms with Crippen LogP contribution in [-0.2, 0) is 14.3 Å². The lowest BCUT2D eigenvalue weighted by Gasteiger charge is -2.34. The highest BCUT2D eigenvalue weighted by Gasteiger charge is 2.47. The minimum atomic E-state index is -5.08. The maximum atomic E-state index is 11.9. The zero-order valence-corrected chi connectivity index (χ0v) is 15.4. The Bertz CT molecular complexity index is 526. The normalized spacial score (nSPS) is 30.9. The number of ether oxygens (including phenoxy) is 2. The third-order valence-electron chi connectivity index (χ3n) is 4.90. The number of fused-ring (bicyclic) bond motifs is 1. The molecule has 2 N–H and O–H groups in total. The summed E-state index contributed by atoms with van der Waals surface area (Å²) in [5.74, 6) is -2.76. The summed E-state index contributed by atoms with van der Waals surface area (Å²) < 4.78 is 43.2. The van der Waals surface area contributed by atoms with Gasteiger partial charge in [-0.05, 0) is 19.3 Å². The highest BCUT2D eigenvalue weighted by Crippen LogP contribution is 2.32. The van der Waals surface area contributed by atoms with E-state index in [1.165, 1.54) is 0 Å². The number of urea groups is 1. The van der Waals surface area contributed by atoms with Gasteiger partial charge in [0.1, 0.15) is 0 Å². The fourth-order valence-corrected chi connectivity index (χ4v) is 3.61. The van der Waals surface area contributed by atoms with Crippen molar-refractivity contribution in [2.45, 2.75) is 49.7 Å². The van der Waals surface area contributed by atoms with E-state index in [9.17, 15) is 18.0 Å². The molecule has 0 aromatic heterocycles. The smallest absolute Gasteiger partial charge is 0.475 e. The van der Waals surface area contributed by atoms with Gasteiger partial charge in [-0.1, -0.05) is 0 Å². The number of hydrogen-bond acceptors (Lipinski definition) is 5. The van der Waals surface area contributed by atoms with Crippen molar-refractivity contribution < 1.29 is 37.3 Å². The van der Waals surface area contributed by atoms with Gasteiger partial charge < -0.3 is 24.8 Å². The lowest BCUT2D eigenvalue weighted by Crippen LogP contribution is -2.50. The van der Waals surface area contributed by atoms with E-state index < -0.39 is 12.1 Å². The molecule has 0 aliphatic carbocycles. The van der Waals surface area contributed by atoms with Crippen LogP contribution < -0.4 is 5.32 Å². The Morgan fingerprint density at radius 2 is 1.89 bits per heavy atom. The van der Waals surface area contributed by atoms with E-state index in [0.29, 0.717) is 12.1 Å². The molecule has 2 amide bonds. The summed E-state index contributed by atoms with van der Waals surface area (Å²) in [5.41, 5.74) is 0. The third-order valence-corrected chi connectivity index (χ3v) is 4.90. The second-order valence-electron chi connectivity index (χ2n) is 7.01. The van der Waals surface area contributed by atoms with Crippen molar-refractivity contribution in [2.24, 2.45) is 0 Å². The standard InChI is InChI=1S/C14H25N3O3.C2HF3O2/c1-16(2)14(18)15-11-8-17(10-5-7-19-9-10)12-4-3-6-20-13(11)12;3-2(4,5)1(6)7/h10-13H,3-9H2,1-2H3,(H,15,18);(H,6,7)/t10?,11-,12-,13-;/m1./s1. The molecule has 3 heterocycles. The topological polar surface area (TPSA) is 91.3 Å². The summed E-state index contributed by atoms with van der Waals surface area (Å²) in [4.78, 5) is 24.9. The van der Waals surface area contributed by atoms with Gasteiger partial charge in [-0.3, -0.25) is 4.90 Å². The molecule has 3 fully saturated rings. The van der Waals surface area contributed by atoms with Crippen LogP contribution in [0.3, 0.4) is 0 Å². The lowest BCUT2D eigenvalue weighted by atomic mass is 10.0. The molecule has 3 aliphatic rings. The van der Waals surface area contributed by atoms with Gasteiger partial charge in [0.05, 0.1) is 18.8 Å². The van der Waals surface area contributed by atoms with Gasteiger partial charge in [-0.2, -0.15) is 13.2 Å². The van der Waals surface area contributed by atoms with Gasteiger partial charge in [-0.15, -0.1) is 0 Å². The molecule has 0 aromatic carbocycles. The van der Waals surface area contributed by atoms with Crippen LogP contribution in [0.5, 0.6) is 0 Å². The number of alkyl halides is 3. The molecule has 4 atom stereocenters. The predicted molar refractivity (Wildman–Crippen MR) is 88.4 cm³/mol. The molecule has 3 rings (SSSR count). The van der Waals surface area contributed by atoms with Crippen molar-refractivity contribution in [2.75, 3.05) is 40.5 Å². The Labute approximate surface area is 155 Å². The quantitative estimate of drug-likeness (QED) is 0.720. The Morgan fingerprint density at radius 1 is 1.22 bits per heavy atom. The predicted octanol–water partition coefficient (Wildman–Crippen LogP) is 0.912. The monoisotopic (exact) mass is 397 g/mol. The van der Waals surface area contributed by atoms with Gasteiger partial charge in [0.25, 0.3) is 0 Å². The van der Waals surface area contributed by atoms with Gasteiger partial charge in [-0.25, -0.2) is 9.59 Å². The Kier molecular flexibility index (Phi) is 7.29. The maximum absolute atomic E-state index is 11.9. The fourth-order valence-electron chi connectivity index (χ4n) is 3.61. The van der Waals surface area contributed by atoms with Crippen LogP contribution >= 0.6 is 0 Å². The zero-order chi connectivity index (χ0) is 20.2. The van der Waals surface area contributed by atoms with Crippen molar-refractivity contribution in [1.29, 1.82) is 0 Å². The van der Waals surface area contributed by atoms with Gasteiger partial charge in [0.15, 0.2) is 0 Å². The van der Waals surface area contributed by atoms with Crippen LogP contribution in [0, 0.1) is 0 Å². The molecule has 0 saturated carbocycles. The van der Waals surface area contributed by atoms with E-state index >= 15 is 0 Å². The van der Waals surface area contributed by atoms with Gasteiger partial charge >= 0.3 is 18.2 Å². The maximum Gasteiger partial charge on any atom is 0.490 e. The van der Waals surface area contributed by atoms with E-state index in [1.54, 1.807) is 19.0 Å². The molecule has 27 heavy (non-hydrogen) atoms. The molecule has 3 aliphatic heterocycles. The number of carboxylic acids is 1. The molecule has 0 spiro atoms. The lowest BCUT2D eigenvalue weighted by molar-refractivity contribution is -0.192. The van der Waals surface area contributed by atoms with Crippen LogP contribution in [0.1, 0.15) is 19.3 Å². The molecular weight excluding hydrogens is 371 g/mol.